The van der Waals surface area contributed by atoms with Crippen molar-refractivity contribution in [1.82, 2.24) is 5.32 Å². The van der Waals surface area contributed by atoms with E-state index >= 15 is 0 Å². The summed E-state index contributed by atoms with van der Waals surface area (Å²) in [5, 5.41) is 3.31. The molecular formula is C14H14N2O2. The minimum atomic E-state index is -0.161. The average Bonchev–Trinajstić information content (AvgIpc) is 2.38. The first kappa shape index (κ1) is 11.2. The zero-order valence-corrected chi connectivity index (χ0v) is 9.98. The number of nitrogens with one attached hydrogen (secondary N) is 1. The molecule has 0 radical (unpaired) electrons. The Kier molecular flexibility index (Phi) is 2.72. The van der Waals surface area contributed by atoms with Crippen LogP contribution in [-0.2, 0) is 22.6 Å². The topological polar surface area (TPSA) is 49.4 Å². The third-order valence-corrected chi connectivity index (χ3v) is 3.36. The Balaban J connectivity index is 1.95. The van der Waals surface area contributed by atoms with E-state index in [1.54, 1.807) is 11.1 Å². The van der Waals surface area contributed by atoms with Gasteiger partial charge in [0.25, 0.3) is 0 Å². The van der Waals surface area contributed by atoms with Crippen molar-refractivity contribution in [3.05, 3.63) is 41.6 Å². The minimum absolute atomic E-state index is 0.0359. The predicted molar refractivity (Wildman–Crippen MR) is 68.1 cm³/mol. The van der Waals surface area contributed by atoms with Gasteiger partial charge in [-0.1, -0.05) is 6.07 Å². The van der Waals surface area contributed by atoms with Gasteiger partial charge in [-0.25, -0.2) is 0 Å². The smallest absolute Gasteiger partial charge is 0.238 e. The van der Waals surface area contributed by atoms with E-state index in [0.717, 1.165) is 25.2 Å². The zero-order valence-electron chi connectivity index (χ0n) is 9.98. The molecule has 0 bridgehead atoms. The van der Waals surface area contributed by atoms with Crippen LogP contribution in [0.3, 0.4) is 0 Å². The lowest BCUT2D eigenvalue weighted by atomic mass is 10.00. The summed E-state index contributed by atoms with van der Waals surface area (Å²) in [6.45, 7) is 1.84. The van der Waals surface area contributed by atoms with Crippen molar-refractivity contribution in [2.45, 2.75) is 19.4 Å². The number of carbonyl (C=O) groups is 2. The molecule has 1 aromatic rings. The van der Waals surface area contributed by atoms with E-state index in [1.165, 1.54) is 17.2 Å². The summed E-state index contributed by atoms with van der Waals surface area (Å²) in [6, 6.07) is 6.05. The molecule has 0 spiro atoms. The van der Waals surface area contributed by atoms with E-state index in [0.29, 0.717) is 0 Å². The SMILES string of the molecule is O=C1C=CN(c2ccc3c(c2)CNCC3)C(=O)C1. The van der Waals surface area contributed by atoms with Gasteiger partial charge in [-0.15, -0.1) is 0 Å². The lowest BCUT2D eigenvalue weighted by molar-refractivity contribution is -0.124. The van der Waals surface area contributed by atoms with Crippen LogP contribution in [0.15, 0.2) is 30.5 Å². The van der Waals surface area contributed by atoms with Gasteiger partial charge in [0.2, 0.25) is 5.91 Å². The molecule has 0 atom stereocenters. The average molecular weight is 242 g/mol. The number of nitrogens with zero attached hydrogens (tertiary/aromatic N) is 1. The van der Waals surface area contributed by atoms with Gasteiger partial charge in [-0.3, -0.25) is 14.5 Å². The van der Waals surface area contributed by atoms with Gasteiger partial charge >= 0.3 is 0 Å². The largest absolute Gasteiger partial charge is 0.312 e. The lowest BCUT2D eigenvalue weighted by Gasteiger charge is -2.24. The lowest BCUT2D eigenvalue weighted by Crippen LogP contribution is -2.31. The summed E-state index contributed by atoms with van der Waals surface area (Å²) in [6.07, 6.45) is 4.01. The highest BCUT2D eigenvalue weighted by Gasteiger charge is 2.21. The molecule has 2 aliphatic rings. The van der Waals surface area contributed by atoms with Crippen LogP contribution >= 0.6 is 0 Å². The highest BCUT2D eigenvalue weighted by Crippen LogP contribution is 2.24. The molecule has 0 saturated carbocycles. The first-order valence-electron chi connectivity index (χ1n) is 6.10. The summed E-state index contributed by atoms with van der Waals surface area (Å²) < 4.78 is 0. The third-order valence-electron chi connectivity index (χ3n) is 3.36. The second-order valence-electron chi connectivity index (χ2n) is 4.60. The zero-order chi connectivity index (χ0) is 12.5. The van der Waals surface area contributed by atoms with Crippen LogP contribution in [0.25, 0.3) is 0 Å². The maximum Gasteiger partial charge on any atom is 0.238 e. The maximum atomic E-state index is 11.8. The van der Waals surface area contributed by atoms with Gasteiger partial charge in [0.05, 0.1) is 6.42 Å². The van der Waals surface area contributed by atoms with Gasteiger partial charge in [-0.2, -0.15) is 0 Å². The molecule has 4 nitrogen and oxygen atoms in total. The van der Waals surface area contributed by atoms with Crippen LogP contribution in [0.5, 0.6) is 0 Å². The van der Waals surface area contributed by atoms with Gasteiger partial charge in [0, 0.05) is 18.4 Å². The molecule has 1 amide bonds. The summed E-state index contributed by atoms with van der Waals surface area (Å²) in [7, 11) is 0. The van der Waals surface area contributed by atoms with Crippen LogP contribution in [0.1, 0.15) is 17.5 Å². The quantitative estimate of drug-likeness (QED) is 0.752. The molecular weight excluding hydrogens is 228 g/mol. The van der Waals surface area contributed by atoms with Crippen molar-refractivity contribution >= 4 is 17.4 Å². The Morgan fingerprint density at radius 2 is 2.06 bits per heavy atom. The van der Waals surface area contributed by atoms with E-state index in [9.17, 15) is 9.59 Å². The normalized spacial score (nSPS) is 19.0. The van der Waals surface area contributed by atoms with Crippen molar-refractivity contribution in [3.63, 3.8) is 0 Å². The summed E-state index contributed by atoms with van der Waals surface area (Å²) in [5.41, 5.74) is 3.41. The number of hydrogen-bond acceptors (Lipinski definition) is 3. The molecule has 18 heavy (non-hydrogen) atoms. The van der Waals surface area contributed by atoms with E-state index < -0.39 is 0 Å². The number of anilines is 1. The van der Waals surface area contributed by atoms with E-state index in [4.69, 9.17) is 0 Å². The Morgan fingerprint density at radius 1 is 1.17 bits per heavy atom. The van der Waals surface area contributed by atoms with Crippen molar-refractivity contribution < 1.29 is 9.59 Å². The number of ketones is 1. The van der Waals surface area contributed by atoms with Gasteiger partial charge in [-0.05, 0) is 42.3 Å². The Hall–Kier alpha value is -1.94. The van der Waals surface area contributed by atoms with Crippen LogP contribution in [-0.4, -0.2) is 18.2 Å². The standard InChI is InChI=1S/C14H14N2O2/c17-13-4-6-16(14(18)8-13)12-2-1-10-3-5-15-9-11(10)7-12/h1-2,4,6-7,15H,3,5,8-9H2. The van der Waals surface area contributed by atoms with Crippen LogP contribution in [0.4, 0.5) is 5.69 Å². The maximum absolute atomic E-state index is 11.8. The second kappa shape index (κ2) is 4.38. The fourth-order valence-electron chi connectivity index (χ4n) is 2.38. The first-order valence-corrected chi connectivity index (χ1v) is 6.10. The second-order valence-corrected chi connectivity index (χ2v) is 4.60. The first-order chi connectivity index (χ1) is 8.74. The molecule has 4 heteroatoms. The summed E-state index contributed by atoms with van der Waals surface area (Å²) in [5.74, 6) is -0.290. The molecule has 3 rings (SSSR count). The fraction of sp³-hybridized carbons (Fsp3) is 0.286. The van der Waals surface area contributed by atoms with Crippen molar-refractivity contribution in [3.8, 4) is 0 Å². The predicted octanol–water partition coefficient (Wildman–Crippen LogP) is 1.15. The number of carbonyl (C=O) groups excluding carboxylic acids is 2. The molecule has 0 unspecified atom stereocenters. The van der Waals surface area contributed by atoms with E-state index in [2.05, 4.69) is 11.4 Å². The number of hydrogen-bond donors (Lipinski definition) is 1. The minimum Gasteiger partial charge on any atom is -0.312 e. The molecule has 1 N–H and O–H groups in total. The molecule has 0 aliphatic carbocycles. The van der Waals surface area contributed by atoms with E-state index in [1.807, 2.05) is 12.1 Å². The molecule has 2 heterocycles. The number of benzene rings is 1. The highest BCUT2D eigenvalue weighted by molar-refractivity contribution is 6.13. The molecule has 0 saturated heterocycles. The van der Waals surface area contributed by atoms with Gasteiger partial charge in [0.1, 0.15) is 0 Å². The highest BCUT2D eigenvalue weighted by atomic mass is 16.2. The molecule has 92 valence electrons. The molecule has 2 aliphatic heterocycles. The van der Waals surface area contributed by atoms with Crippen LogP contribution < -0.4 is 10.2 Å². The molecule has 0 fully saturated rings. The van der Waals surface area contributed by atoms with E-state index in [-0.39, 0.29) is 18.1 Å². The monoisotopic (exact) mass is 242 g/mol. The number of fused-ring (bicyclic) bond motifs is 1. The molecule has 0 aromatic heterocycles. The van der Waals surface area contributed by atoms with Crippen LogP contribution in [0, 0.1) is 0 Å². The number of rotatable bonds is 1. The Morgan fingerprint density at radius 3 is 2.89 bits per heavy atom. The number of allylic oxidation sites excluding steroid dienone is 1. The third kappa shape index (κ3) is 1.95. The fourth-order valence-corrected chi connectivity index (χ4v) is 2.38. The molecule has 1 aromatic carbocycles. The number of amides is 1. The Labute approximate surface area is 105 Å². The Bertz CT molecular complexity index is 549. The van der Waals surface area contributed by atoms with Crippen molar-refractivity contribution in [2.24, 2.45) is 0 Å². The van der Waals surface area contributed by atoms with Crippen molar-refractivity contribution in [2.75, 3.05) is 11.4 Å². The summed E-state index contributed by atoms with van der Waals surface area (Å²) in [4.78, 5) is 24.5. The van der Waals surface area contributed by atoms with Crippen molar-refractivity contribution in [1.29, 1.82) is 0 Å². The summed E-state index contributed by atoms with van der Waals surface area (Å²) >= 11 is 0. The van der Waals surface area contributed by atoms with Gasteiger partial charge in [0.15, 0.2) is 5.78 Å². The van der Waals surface area contributed by atoms with Crippen LogP contribution in [0.2, 0.25) is 0 Å². The van der Waals surface area contributed by atoms with Gasteiger partial charge < -0.3 is 5.32 Å².